The van der Waals surface area contributed by atoms with Gasteiger partial charge in [0.05, 0.1) is 18.0 Å². The zero-order valence-corrected chi connectivity index (χ0v) is 14.4. The molecule has 0 N–H and O–H groups in total. The van der Waals surface area contributed by atoms with Crippen LogP contribution in [0.5, 0.6) is 0 Å². The second kappa shape index (κ2) is 6.83. The first-order valence-electron chi connectivity index (χ1n) is 7.72. The molecule has 24 heavy (non-hydrogen) atoms. The predicted molar refractivity (Wildman–Crippen MR) is 90.1 cm³/mol. The Morgan fingerprint density at radius 1 is 1.33 bits per heavy atom. The van der Waals surface area contributed by atoms with Crippen LogP contribution in [-0.2, 0) is 4.74 Å². The number of nitrogens with zero attached hydrogens (tertiary/aromatic N) is 1. The van der Waals surface area contributed by atoms with Gasteiger partial charge in [-0.05, 0) is 37.1 Å². The number of Topliss-reactive ketones (excluding diaryl/α,β-unsaturated/α-hetero) is 1. The number of rotatable bonds is 3. The third-order valence-corrected chi connectivity index (χ3v) is 5.04. The lowest BCUT2D eigenvalue weighted by Gasteiger charge is -2.33. The fourth-order valence-corrected chi connectivity index (χ4v) is 3.61. The quantitative estimate of drug-likeness (QED) is 0.797. The van der Waals surface area contributed by atoms with Crippen molar-refractivity contribution in [1.82, 2.24) is 4.90 Å². The highest BCUT2D eigenvalue weighted by atomic mass is 32.1. The van der Waals surface area contributed by atoms with Gasteiger partial charge in [-0.25, -0.2) is 4.39 Å². The third-order valence-electron chi connectivity index (χ3n) is 4.12. The fourth-order valence-electron chi connectivity index (χ4n) is 2.69. The van der Waals surface area contributed by atoms with Crippen molar-refractivity contribution in [2.45, 2.75) is 20.0 Å². The van der Waals surface area contributed by atoms with E-state index in [1.165, 1.54) is 24.3 Å². The maximum absolute atomic E-state index is 13.4. The number of carbonyl (C=O) groups excluding carboxylic acids is 2. The van der Waals surface area contributed by atoms with Crippen molar-refractivity contribution in [2.24, 2.45) is 0 Å². The number of benzene rings is 1. The van der Waals surface area contributed by atoms with Crippen LogP contribution in [0, 0.1) is 12.7 Å². The normalized spacial score (nSPS) is 17.8. The topological polar surface area (TPSA) is 46.6 Å². The summed E-state index contributed by atoms with van der Waals surface area (Å²) < 4.78 is 19.2. The van der Waals surface area contributed by atoms with E-state index in [2.05, 4.69) is 0 Å². The molecule has 1 atom stereocenters. The molecule has 1 fully saturated rings. The number of ether oxygens (including phenoxy) is 1. The molecule has 0 radical (unpaired) electrons. The van der Waals surface area contributed by atoms with E-state index in [-0.39, 0.29) is 23.6 Å². The van der Waals surface area contributed by atoms with Crippen LogP contribution in [0.25, 0.3) is 0 Å². The minimum Gasteiger partial charge on any atom is -0.370 e. The van der Waals surface area contributed by atoms with Gasteiger partial charge in [-0.1, -0.05) is 12.1 Å². The molecule has 1 amide bonds. The van der Waals surface area contributed by atoms with Crippen molar-refractivity contribution in [3.63, 3.8) is 0 Å². The predicted octanol–water partition coefficient (Wildman–Crippen LogP) is 3.61. The molecule has 2 heterocycles. The zero-order chi connectivity index (χ0) is 17.3. The van der Waals surface area contributed by atoms with Crippen LogP contribution in [0.15, 0.2) is 29.6 Å². The summed E-state index contributed by atoms with van der Waals surface area (Å²) in [4.78, 5) is 26.3. The molecule has 0 aliphatic carbocycles. The van der Waals surface area contributed by atoms with E-state index in [0.717, 1.165) is 5.56 Å². The summed E-state index contributed by atoms with van der Waals surface area (Å²) in [6.45, 7) is 4.54. The molecule has 0 saturated carbocycles. The second-order valence-corrected chi connectivity index (χ2v) is 6.79. The molecule has 126 valence electrons. The second-order valence-electron chi connectivity index (χ2n) is 5.88. The highest BCUT2D eigenvalue weighted by Gasteiger charge is 2.27. The first-order chi connectivity index (χ1) is 11.5. The van der Waals surface area contributed by atoms with Crippen LogP contribution in [-0.4, -0.2) is 36.3 Å². The highest BCUT2D eigenvalue weighted by molar-refractivity contribution is 7.12. The van der Waals surface area contributed by atoms with E-state index in [1.807, 2.05) is 0 Å². The van der Waals surface area contributed by atoms with Crippen molar-refractivity contribution in [3.8, 4) is 0 Å². The molecule has 1 aliphatic heterocycles. The average molecular weight is 347 g/mol. The summed E-state index contributed by atoms with van der Waals surface area (Å²) in [5.74, 6) is -0.399. The Kier molecular flexibility index (Phi) is 4.78. The van der Waals surface area contributed by atoms with Crippen molar-refractivity contribution >= 4 is 23.0 Å². The first-order valence-corrected chi connectivity index (χ1v) is 8.60. The third kappa shape index (κ3) is 3.39. The van der Waals surface area contributed by atoms with Crippen molar-refractivity contribution in [3.05, 3.63) is 57.0 Å². The lowest BCUT2D eigenvalue weighted by Crippen LogP contribution is -2.42. The monoisotopic (exact) mass is 347 g/mol. The Morgan fingerprint density at radius 3 is 2.79 bits per heavy atom. The molecule has 1 aromatic heterocycles. The Bertz CT molecular complexity index is 786. The zero-order valence-electron chi connectivity index (χ0n) is 13.5. The van der Waals surface area contributed by atoms with Gasteiger partial charge in [-0.3, -0.25) is 9.59 Å². The van der Waals surface area contributed by atoms with Crippen LogP contribution in [0.4, 0.5) is 4.39 Å². The lowest BCUT2D eigenvalue weighted by atomic mass is 10.0. The van der Waals surface area contributed by atoms with Gasteiger partial charge in [-0.2, -0.15) is 0 Å². The van der Waals surface area contributed by atoms with Gasteiger partial charge in [0.2, 0.25) is 0 Å². The molecule has 6 heteroatoms. The van der Waals surface area contributed by atoms with Crippen molar-refractivity contribution < 1.29 is 18.7 Å². The Morgan fingerprint density at radius 2 is 2.12 bits per heavy atom. The van der Waals surface area contributed by atoms with Gasteiger partial charge in [0.15, 0.2) is 5.78 Å². The Balaban J connectivity index is 1.75. The van der Waals surface area contributed by atoms with Gasteiger partial charge in [0.25, 0.3) is 5.91 Å². The standard InChI is InChI=1S/C18H18FNO3S/c1-11-7-13(3-4-15(11)19)16-9-20(5-6-23-16)18(22)17-8-14(10-24-17)12(2)21/h3-4,7-8,10,16H,5-6,9H2,1-2H3/t16-/m0/s1. The first kappa shape index (κ1) is 16.8. The smallest absolute Gasteiger partial charge is 0.264 e. The summed E-state index contributed by atoms with van der Waals surface area (Å²) >= 11 is 1.28. The number of thiophene rings is 1. The molecule has 4 nitrogen and oxygen atoms in total. The van der Waals surface area contributed by atoms with Gasteiger partial charge in [0.1, 0.15) is 11.9 Å². The summed E-state index contributed by atoms with van der Waals surface area (Å²) in [5, 5.41) is 1.71. The summed E-state index contributed by atoms with van der Waals surface area (Å²) in [5.41, 5.74) is 1.98. The van der Waals surface area contributed by atoms with Crippen LogP contribution >= 0.6 is 11.3 Å². The molecule has 2 aromatic rings. The molecule has 0 unspecified atom stereocenters. The number of hydrogen-bond acceptors (Lipinski definition) is 4. The van der Waals surface area contributed by atoms with E-state index in [4.69, 9.17) is 4.74 Å². The molecular weight excluding hydrogens is 329 g/mol. The van der Waals surface area contributed by atoms with E-state index in [0.29, 0.717) is 35.7 Å². The number of carbonyl (C=O) groups is 2. The molecule has 1 aliphatic rings. The number of amides is 1. The summed E-state index contributed by atoms with van der Waals surface area (Å²) in [7, 11) is 0. The molecule has 0 spiro atoms. The fraction of sp³-hybridized carbons (Fsp3) is 0.333. The Hall–Kier alpha value is -2.05. The molecular formula is C18H18FNO3S. The lowest BCUT2D eigenvalue weighted by molar-refractivity contribution is -0.0227. The van der Waals surface area contributed by atoms with Crippen LogP contribution in [0.2, 0.25) is 0 Å². The highest BCUT2D eigenvalue weighted by Crippen LogP contribution is 2.26. The maximum Gasteiger partial charge on any atom is 0.264 e. The number of hydrogen-bond donors (Lipinski definition) is 0. The molecule has 3 rings (SSSR count). The Labute approximate surface area is 143 Å². The molecule has 0 bridgehead atoms. The maximum atomic E-state index is 13.4. The van der Waals surface area contributed by atoms with Crippen molar-refractivity contribution in [1.29, 1.82) is 0 Å². The molecule has 1 aromatic carbocycles. The minimum atomic E-state index is -0.269. The number of morpholine rings is 1. The van der Waals surface area contributed by atoms with Crippen LogP contribution in [0.1, 0.15) is 44.2 Å². The van der Waals surface area contributed by atoms with Gasteiger partial charge < -0.3 is 9.64 Å². The summed E-state index contributed by atoms with van der Waals surface area (Å²) in [6.07, 6.45) is -0.269. The van der Waals surface area contributed by atoms with E-state index in [9.17, 15) is 14.0 Å². The largest absolute Gasteiger partial charge is 0.370 e. The van der Waals surface area contributed by atoms with Crippen LogP contribution in [0.3, 0.4) is 0 Å². The summed E-state index contributed by atoms with van der Waals surface area (Å²) in [6, 6.07) is 6.52. The average Bonchev–Trinajstić information content (AvgIpc) is 3.07. The van der Waals surface area contributed by atoms with Gasteiger partial charge >= 0.3 is 0 Å². The van der Waals surface area contributed by atoms with Gasteiger partial charge in [-0.15, -0.1) is 11.3 Å². The van der Waals surface area contributed by atoms with E-state index < -0.39 is 0 Å². The SMILES string of the molecule is CC(=O)c1csc(C(=O)N2CCO[C@H](c3ccc(F)c(C)c3)C2)c1. The number of ketones is 1. The molecule has 1 saturated heterocycles. The number of aryl methyl sites for hydroxylation is 1. The van der Waals surface area contributed by atoms with Crippen LogP contribution < -0.4 is 0 Å². The van der Waals surface area contributed by atoms with E-state index >= 15 is 0 Å². The van der Waals surface area contributed by atoms with Crippen molar-refractivity contribution in [2.75, 3.05) is 19.7 Å². The number of halogens is 1. The van der Waals surface area contributed by atoms with E-state index in [1.54, 1.807) is 35.4 Å². The van der Waals surface area contributed by atoms with Gasteiger partial charge in [0, 0.05) is 17.5 Å². The minimum absolute atomic E-state index is 0.0491.